The quantitative estimate of drug-likeness (QED) is 0.602. The molecule has 1 aliphatic heterocycles. The minimum absolute atomic E-state index is 0.0767. The van der Waals surface area contributed by atoms with Gasteiger partial charge < -0.3 is 9.64 Å². The number of halogens is 1. The third-order valence-electron chi connectivity index (χ3n) is 4.14. The fraction of sp³-hybridized carbons (Fsp3) is 0.211. The molecular weight excluding hydrogens is 398 g/mol. The second kappa shape index (κ2) is 8.14. The fourth-order valence-electron chi connectivity index (χ4n) is 2.71. The Bertz CT molecular complexity index is 819. The van der Waals surface area contributed by atoms with Crippen molar-refractivity contribution >= 4 is 39.6 Å². The lowest BCUT2D eigenvalue weighted by molar-refractivity contribution is -0.126. The van der Waals surface area contributed by atoms with Gasteiger partial charge in [0.15, 0.2) is 0 Å². The van der Waals surface area contributed by atoms with Crippen molar-refractivity contribution in [3.05, 3.63) is 58.6 Å². The number of nitrogens with zero attached hydrogens (tertiary/aromatic N) is 2. The molecule has 0 saturated carbocycles. The van der Waals surface area contributed by atoms with E-state index in [1.54, 1.807) is 30.4 Å². The van der Waals surface area contributed by atoms with Crippen LogP contribution in [-0.4, -0.2) is 31.7 Å². The van der Waals surface area contributed by atoms with Crippen LogP contribution in [0.3, 0.4) is 0 Å². The maximum absolute atomic E-state index is 12.3. The third-order valence-corrected chi connectivity index (χ3v) is 4.67. The first-order valence-electron chi connectivity index (χ1n) is 8.09. The summed E-state index contributed by atoms with van der Waals surface area (Å²) in [6.07, 6.45) is 1.74. The number of nitrogens with one attached hydrogen (secondary N) is 1. The summed E-state index contributed by atoms with van der Waals surface area (Å²) in [6.45, 7) is 0.338. The molecule has 0 unspecified atom stereocenters. The molecule has 1 fully saturated rings. The molecule has 1 saturated heterocycles. The Kier molecular flexibility index (Phi) is 5.68. The monoisotopic (exact) mass is 415 g/mol. The zero-order valence-corrected chi connectivity index (χ0v) is 15.8. The van der Waals surface area contributed by atoms with Crippen LogP contribution < -0.4 is 15.1 Å². The zero-order valence-electron chi connectivity index (χ0n) is 14.2. The standard InChI is InChI=1S/C19H18BrN3O3/c1-26-17-8-6-16(7-9-17)23-12-14(10-18(23)24)19(25)22-21-11-13-2-4-15(20)5-3-13/h2-9,11,14H,10,12H2,1H3,(H,22,25)/b21-11-/t14-/m1/s1. The summed E-state index contributed by atoms with van der Waals surface area (Å²) in [5, 5.41) is 3.98. The summed E-state index contributed by atoms with van der Waals surface area (Å²) in [6, 6.07) is 14.7. The van der Waals surface area contributed by atoms with Crippen molar-refractivity contribution in [2.45, 2.75) is 6.42 Å². The zero-order chi connectivity index (χ0) is 18.5. The highest BCUT2D eigenvalue weighted by atomic mass is 79.9. The summed E-state index contributed by atoms with van der Waals surface area (Å²) in [5.74, 6) is -0.0430. The molecule has 134 valence electrons. The van der Waals surface area contributed by atoms with Gasteiger partial charge in [0, 0.05) is 23.1 Å². The Morgan fingerprint density at radius 2 is 1.92 bits per heavy atom. The summed E-state index contributed by atoms with van der Waals surface area (Å²) in [4.78, 5) is 26.1. The van der Waals surface area contributed by atoms with Gasteiger partial charge in [-0.1, -0.05) is 28.1 Å². The van der Waals surface area contributed by atoms with E-state index < -0.39 is 5.92 Å². The van der Waals surface area contributed by atoms with E-state index in [1.807, 2.05) is 36.4 Å². The second-order valence-corrected chi connectivity index (χ2v) is 6.80. The normalized spacial score (nSPS) is 16.9. The van der Waals surface area contributed by atoms with E-state index >= 15 is 0 Å². The Balaban J connectivity index is 1.58. The Morgan fingerprint density at radius 3 is 2.58 bits per heavy atom. The number of carbonyl (C=O) groups excluding carboxylic acids is 2. The predicted molar refractivity (Wildman–Crippen MR) is 103 cm³/mol. The molecule has 0 spiro atoms. The molecule has 0 bridgehead atoms. The predicted octanol–water partition coefficient (Wildman–Crippen LogP) is 2.96. The summed E-state index contributed by atoms with van der Waals surface area (Å²) >= 11 is 3.36. The average Bonchev–Trinajstić information content (AvgIpc) is 3.05. The van der Waals surface area contributed by atoms with Gasteiger partial charge in [0.05, 0.1) is 19.2 Å². The van der Waals surface area contributed by atoms with Crippen molar-refractivity contribution in [2.24, 2.45) is 11.0 Å². The van der Waals surface area contributed by atoms with Crippen molar-refractivity contribution < 1.29 is 14.3 Å². The molecule has 0 aliphatic carbocycles. The number of carbonyl (C=O) groups is 2. The van der Waals surface area contributed by atoms with Crippen molar-refractivity contribution in [3.63, 3.8) is 0 Å². The Morgan fingerprint density at radius 1 is 1.23 bits per heavy atom. The van der Waals surface area contributed by atoms with Crippen molar-refractivity contribution in [2.75, 3.05) is 18.6 Å². The Hall–Kier alpha value is -2.67. The van der Waals surface area contributed by atoms with Crippen LogP contribution in [-0.2, 0) is 9.59 Å². The molecule has 2 aromatic carbocycles. The van der Waals surface area contributed by atoms with Crippen LogP contribution in [0.2, 0.25) is 0 Å². The van der Waals surface area contributed by atoms with Crippen LogP contribution in [0, 0.1) is 5.92 Å². The lowest BCUT2D eigenvalue weighted by Gasteiger charge is -2.16. The smallest absolute Gasteiger partial charge is 0.245 e. The van der Waals surface area contributed by atoms with Crippen molar-refractivity contribution in [1.82, 2.24) is 5.43 Å². The minimum Gasteiger partial charge on any atom is -0.497 e. The highest BCUT2D eigenvalue weighted by Gasteiger charge is 2.35. The van der Waals surface area contributed by atoms with E-state index in [0.717, 1.165) is 21.5 Å². The molecule has 7 heteroatoms. The van der Waals surface area contributed by atoms with Crippen LogP contribution in [0.4, 0.5) is 5.69 Å². The highest BCUT2D eigenvalue weighted by molar-refractivity contribution is 9.10. The number of benzene rings is 2. The van der Waals surface area contributed by atoms with E-state index in [9.17, 15) is 9.59 Å². The van der Waals surface area contributed by atoms with Gasteiger partial charge in [-0.3, -0.25) is 9.59 Å². The summed E-state index contributed by atoms with van der Waals surface area (Å²) < 4.78 is 6.09. The summed E-state index contributed by atoms with van der Waals surface area (Å²) in [7, 11) is 1.59. The van der Waals surface area contributed by atoms with Gasteiger partial charge in [-0.15, -0.1) is 0 Å². The molecular formula is C19H18BrN3O3. The number of amides is 2. The number of rotatable bonds is 5. The van der Waals surface area contributed by atoms with E-state index in [0.29, 0.717) is 6.54 Å². The second-order valence-electron chi connectivity index (χ2n) is 5.89. The molecule has 1 atom stereocenters. The maximum Gasteiger partial charge on any atom is 0.245 e. The van der Waals surface area contributed by atoms with Crippen LogP contribution >= 0.6 is 15.9 Å². The number of hydrogen-bond acceptors (Lipinski definition) is 4. The van der Waals surface area contributed by atoms with Crippen LogP contribution in [0.5, 0.6) is 5.75 Å². The molecule has 0 radical (unpaired) electrons. The molecule has 2 aromatic rings. The van der Waals surface area contributed by atoms with Gasteiger partial charge in [-0.05, 0) is 42.0 Å². The lowest BCUT2D eigenvalue weighted by Crippen LogP contribution is -2.30. The van der Waals surface area contributed by atoms with Gasteiger partial charge >= 0.3 is 0 Å². The minimum atomic E-state index is -0.424. The maximum atomic E-state index is 12.3. The van der Waals surface area contributed by atoms with Gasteiger partial charge in [0.25, 0.3) is 0 Å². The van der Waals surface area contributed by atoms with Crippen molar-refractivity contribution in [3.8, 4) is 5.75 Å². The first-order chi connectivity index (χ1) is 12.6. The number of ether oxygens (including phenoxy) is 1. The SMILES string of the molecule is COc1ccc(N2C[C@H](C(=O)N/N=C\c3ccc(Br)cc3)CC2=O)cc1. The summed E-state index contributed by atoms with van der Waals surface area (Å²) in [5.41, 5.74) is 4.14. The molecule has 1 heterocycles. The van der Waals surface area contributed by atoms with Crippen LogP contribution in [0.15, 0.2) is 58.1 Å². The van der Waals surface area contributed by atoms with E-state index in [4.69, 9.17) is 4.74 Å². The average molecular weight is 416 g/mol. The van der Waals surface area contributed by atoms with Gasteiger partial charge in [-0.25, -0.2) is 5.43 Å². The van der Waals surface area contributed by atoms with E-state index in [1.165, 1.54) is 0 Å². The number of anilines is 1. The van der Waals surface area contributed by atoms with E-state index in [2.05, 4.69) is 26.5 Å². The molecule has 2 amide bonds. The van der Waals surface area contributed by atoms with Crippen LogP contribution in [0.25, 0.3) is 0 Å². The third kappa shape index (κ3) is 4.29. The van der Waals surface area contributed by atoms with Gasteiger partial charge in [0.1, 0.15) is 5.75 Å². The number of hydrazone groups is 1. The lowest BCUT2D eigenvalue weighted by atomic mass is 10.1. The highest BCUT2D eigenvalue weighted by Crippen LogP contribution is 2.26. The Labute approximate surface area is 160 Å². The molecule has 6 nitrogen and oxygen atoms in total. The molecule has 0 aromatic heterocycles. The van der Waals surface area contributed by atoms with Crippen molar-refractivity contribution in [1.29, 1.82) is 0 Å². The largest absolute Gasteiger partial charge is 0.497 e. The molecule has 26 heavy (non-hydrogen) atoms. The van der Waals surface area contributed by atoms with Gasteiger partial charge in [0.2, 0.25) is 11.8 Å². The fourth-order valence-corrected chi connectivity index (χ4v) is 2.97. The van der Waals surface area contributed by atoms with E-state index in [-0.39, 0.29) is 18.2 Å². The number of hydrogen-bond donors (Lipinski definition) is 1. The molecule has 3 rings (SSSR count). The topological polar surface area (TPSA) is 71.0 Å². The molecule has 1 aliphatic rings. The molecule has 1 N–H and O–H groups in total. The van der Waals surface area contributed by atoms with Gasteiger partial charge in [-0.2, -0.15) is 5.10 Å². The number of methoxy groups -OCH3 is 1. The first-order valence-corrected chi connectivity index (χ1v) is 8.89. The first kappa shape index (κ1) is 18.1. The van der Waals surface area contributed by atoms with Crippen LogP contribution in [0.1, 0.15) is 12.0 Å².